The SMILES string of the molecule is c1nc(C2CC2)cc(N2CCN(c3ncnc4[nH]ncc34)CC2)n1. The van der Waals surface area contributed by atoms with Crippen molar-refractivity contribution in [3.8, 4) is 0 Å². The number of H-pyrrole nitrogens is 1. The Labute approximate surface area is 139 Å². The molecule has 8 nitrogen and oxygen atoms in total. The summed E-state index contributed by atoms with van der Waals surface area (Å²) in [5.41, 5.74) is 1.98. The highest BCUT2D eigenvalue weighted by Gasteiger charge is 2.27. The second-order valence-electron chi connectivity index (χ2n) is 6.38. The molecule has 4 heterocycles. The molecule has 0 bridgehead atoms. The molecule has 0 spiro atoms. The van der Waals surface area contributed by atoms with Gasteiger partial charge in [0.15, 0.2) is 5.65 Å². The molecule has 2 fully saturated rings. The van der Waals surface area contributed by atoms with Gasteiger partial charge in [0.1, 0.15) is 24.3 Å². The van der Waals surface area contributed by atoms with E-state index in [2.05, 4.69) is 46.0 Å². The van der Waals surface area contributed by atoms with Crippen LogP contribution in [0.25, 0.3) is 11.0 Å². The van der Waals surface area contributed by atoms with Gasteiger partial charge in [-0.25, -0.2) is 19.9 Å². The van der Waals surface area contributed by atoms with E-state index in [4.69, 9.17) is 0 Å². The van der Waals surface area contributed by atoms with Crippen LogP contribution in [-0.2, 0) is 0 Å². The third-order valence-electron chi connectivity index (χ3n) is 4.80. The minimum absolute atomic E-state index is 0.656. The molecule has 8 heteroatoms. The van der Waals surface area contributed by atoms with E-state index in [1.54, 1.807) is 18.9 Å². The fourth-order valence-electron chi connectivity index (χ4n) is 3.29. The number of anilines is 2. The Morgan fingerprint density at radius 2 is 1.71 bits per heavy atom. The maximum Gasteiger partial charge on any atom is 0.160 e. The fraction of sp³-hybridized carbons (Fsp3) is 0.438. The average molecular weight is 322 g/mol. The van der Waals surface area contributed by atoms with Crippen molar-refractivity contribution >= 4 is 22.7 Å². The van der Waals surface area contributed by atoms with E-state index in [9.17, 15) is 0 Å². The molecule has 2 aliphatic rings. The zero-order valence-electron chi connectivity index (χ0n) is 13.3. The predicted molar refractivity (Wildman–Crippen MR) is 90.1 cm³/mol. The molecule has 1 N–H and O–H groups in total. The summed E-state index contributed by atoms with van der Waals surface area (Å²) >= 11 is 0. The number of fused-ring (bicyclic) bond motifs is 1. The molecule has 24 heavy (non-hydrogen) atoms. The zero-order valence-corrected chi connectivity index (χ0v) is 13.3. The number of nitrogens with one attached hydrogen (secondary N) is 1. The highest BCUT2D eigenvalue weighted by molar-refractivity contribution is 5.86. The summed E-state index contributed by atoms with van der Waals surface area (Å²) in [6.45, 7) is 3.65. The van der Waals surface area contributed by atoms with Gasteiger partial charge in [-0.15, -0.1) is 0 Å². The summed E-state index contributed by atoms with van der Waals surface area (Å²) in [6.07, 6.45) is 7.62. The second-order valence-corrected chi connectivity index (χ2v) is 6.38. The van der Waals surface area contributed by atoms with Crippen molar-refractivity contribution in [2.24, 2.45) is 0 Å². The lowest BCUT2D eigenvalue weighted by molar-refractivity contribution is 0.641. The normalized spacial score (nSPS) is 18.3. The number of aromatic nitrogens is 6. The number of nitrogens with zero attached hydrogens (tertiary/aromatic N) is 7. The smallest absolute Gasteiger partial charge is 0.160 e. The van der Waals surface area contributed by atoms with Gasteiger partial charge in [0, 0.05) is 43.9 Å². The van der Waals surface area contributed by atoms with Crippen LogP contribution in [0, 0.1) is 0 Å². The first-order valence-electron chi connectivity index (χ1n) is 8.34. The Morgan fingerprint density at radius 1 is 0.917 bits per heavy atom. The fourth-order valence-corrected chi connectivity index (χ4v) is 3.29. The first-order valence-corrected chi connectivity index (χ1v) is 8.34. The zero-order chi connectivity index (χ0) is 15.9. The van der Waals surface area contributed by atoms with Gasteiger partial charge in [0.05, 0.1) is 11.6 Å². The molecule has 3 aromatic rings. The summed E-state index contributed by atoms with van der Waals surface area (Å²) in [5.74, 6) is 2.65. The van der Waals surface area contributed by atoms with Crippen LogP contribution in [0.2, 0.25) is 0 Å². The van der Waals surface area contributed by atoms with E-state index < -0.39 is 0 Å². The second kappa shape index (κ2) is 5.40. The maximum absolute atomic E-state index is 4.47. The molecule has 1 saturated carbocycles. The Kier molecular flexibility index (Phi) is 3.07. The molecule has 1 aliphatic carbocycles. The van der Waals surface area contributed by atoms with Gasteiger partial charge in [0.2, 0.25) is 0 Å². The molecule has 5 rings (SSSR count). The largest absolute Gasteiger partial charge is 0.353 e. The van der Waals surface area contributed by atoms with Crippen molar-refractivity contribution in [1.82, 2.24) is 30.1 Å². The van der Waals surface area contributed by atoms with Crippen molar-refractivity contribution in [3.05, 3.63) is 30.6 Å². The standard InChI is InChI=1S/C16H18N8/c1-2-11(1)13-7-14(18-9-17-13)23-3-5-24(6-4-23)16-12-8-21-22-15(12)19-10-20-16/h7-11H,1-6H2,(H,19,20,21,22). The molecule has 3 aromatic heterocycles. The van der Waals surface area contributed by atoms with E-state index >= 15 is 0 Å². The van der Waals surface area contributed by atoms with Crippen LogP contribution in [0.5, 0.6) is 0 Å². The quantitative estimate of drug-likeness (QED) is 0.778. The molecule has 0 radical (unpaired) electrons. The average Bonchev–Trinajstić information content (AvgIpc) is 3.39. The maximum atomic E-state index is 4.47. The summed E-state index contributed by atoms with van der Waals surface area (Å²) in [4.78, 5) is 22.2. The summed E-state index contributed by atoms with van der Waals surface area (Å²) in [7, 11) is 0. The van der Waals surface area contributed by atoms with Gasteiger partial charge >= 0.3 is 0 Å². The van der Waals surface area contributed by atoms with Gasteiger partial charge in [-0.05, 0) is 12.8 Å². The molecule has 0 aromatic carbocycles. The molecule has 1 saturated heterocycles. The molecule has 0 amide bonds. The van der Waals surface area contributed by atoms with Crippen LogP contribution in [0.3, 0.4) is 0 Å². The Morgan fingerprint density at radius 3 is 2.54 bits per heavy atom. The highest BCUT2D eigenvalue weighted by Crippen LogP contribution is 2.39. The molecular formula is C16H18N8. The van der Waals surface area contributed by atoms with Crippen molar-refractivity contribution in [2.75, 3.05) is 36.0 Å². The van der Waals surface area contributed by atoms with Crippen LogP contribution >= 0.6 is 0 Å². The number of piperazine rings is 1. The number of hydrogen-bond donors (Lipinski definition) is 1. The van der Waals surface area contributed by atoms with Crippen LogP contribution in [-0.4, -0.2) is 56.3 Å². The van der Waals surface area contributed by atoms with Gasteiger partial charge in [-0.3, -0.25) is 5.10 Å². The minimum atomic E-state index is 0.656. The summed E-state index contributed by atoms with van der Waals surface area (Å²) < 4.78 is 0. The minimum Gasteiger partial charge on any atom is -0.353 e. The van der Waals surface area contributed by atoms with Crippen LogP contribution in [0.15, 0.2) is 24.9 Å². The summed E-state index contributed by atoms with van der Waals surface area (Å²) in [5, 5.41) is 7.95. The number of rotatable bonds is 3. The van der Waals surface area contributed by atoms with Crippen LogP contribution < -0.4 is 9.80 Å². The van der Waals surface area contributed by atoms with Crippen molar-refractivity contribution in [1.29, 1.82) is 0 Å². The number of hydrogen-bond acceptors (Lipinski definition) is 7. The first kappa shape index (κ1) is 13.6. The van der Waals surface area contributed by atoms with E-state index in [1.807, 2.05) is 0 Å². The van der Waals surface area contributed by atoms with Crippen molar-refractivity contribution < 1.29 is 0 Å². The Bertz CT molecular complexity index is 863. The molecule has 122 valence electrons. The van der Waals surface area contributed by atoms with Crippen LogP contribution in [0.1, 0.15) is 24.5 Å². The summed E-state index contributed by atoms with van der Waals surface area (Å²) in [6, 6.07) is 2.16. The molecular weight excluding hydrogens is 304 g/mol. The van der Waals surface area contributed by atoms with Gasteiger partial charge in [-0.1, -0.05) is 0 Å². The van der Waals surface area contributed by atoms with E-state index in [0.29, 0.717) is 5.92 Å². The molecule has 0 unspecified atom stereocenters. The monoisotopic (exact) mass is 322 g/mol. The van der Waals surface area contributed by atoms with Gasteiger partial charge in [-0.2, -0.15) is 5.10 Å². The van der Waals surface area contributed by atoms with Gasteiger partial charge < -0.3 is 9.80 Å². The number of aromatic amines is 1. The first-order chi connectivity index (χ1) is 11.9. The lowest BCUT2D eigenvalue weighted by Crippen LogP contribution is -2.47. The predicted octanol–water partition coefficient (Wildman–Crippen LogP) is 1.35. The third kappa shape index (κ3) is 2.34. The lowest BCUT2D eigenvalue weighted by atomic mass is 10.2. The van der Waals surface area contributed by atoms with E-state index in [0.717, 1.165) is 48.8 Å². The van der Waals surface area contributed by atoms with Crippen molar-refractivity contribution in [2.45, 2.75) is 18.8 Å². The Hall–Kier alpha value is -2.77. The van der Waals surface area contributed by atoms with E-state index in [-0.39, 0.29) is 0 Å². The molecule has 0 atom stereocenters. The third-order valence-corrected chi connectivity index (χ3v) is 4.80. The van der Waals surface area contributed by atoms with E-state index in [1.165, 1.54) is 18.5 Å². The molecule has 1 aliphatic heterocycles. The highest BCUT2D eigenvalue weighted by atomic mass is 15.3. The van der Waals surface area contributed by atoms with Crippen molar-refractivity contribution in [3.63, 3.8) is 0 Å². The Balaban J connectivity index is 1.34. The van der Waals surface area contributed by atoms with Crippen LogP contribution in [0.4, 0.5) is 11.6 Å². The topological polar surface area (TPSA) is 86.7 Å². The van der Waals surface area contributed by atoms with Gasteiger partial charge in [0.25, 0.3) is 0 Å². The lowest BCUT2D eigenvalue weighted by Gasteiger charge is -2.36.